The Hall–Kier alpha value is -1.81. The molecule has 3 rings (SSSR count). The van der Waals surface area contributed by atoms with E-state index in [0.29, 0.717) is 12.3 Å². The third kappa shape index (κ3) is 4.14. The standard InChI is InChI=1S/C19H21F2NO/c1-2-11-19(20,21)23-13-16-5-3-4-6-17(16)15-9-10-18(22-12-15)14-7-8-14/h3-6,9-10,12,14H,2,7-8,11,13H2,1H3. The van der Waals surface area contributed by atoms with Crippen molar-refractivity contribution in [2.24, 2.45) is 0 Å². The quantitative estimate of drug-likeness (QED) is 0.669. The molecule has 0 bridgehead atoms. The van der Waals surface area contributed by atoms with Crippen LogP contribution in [0.25, 0.3) is 11.1 Å². The van der Waals surface area contributed by atoms with Gasteiger partial charge in [0.2, 0.25) is 0 Å². The van der Waals surface area contributed by atoms with Gasteiger partial charge < -0.3 is 4.74 Å². The summed E-state index contributed by atoms with van der Waals surface area (Å²) in [6.07, 6.45) is 1.31. The topological polar surface area (TPSA) is 22.1 Å². The first-order valence-electron chi connectivity index (χ1n) is 8.15. The maximum atomic E-state index is 13.6. The summed E-state index contributed by atoms with van der Waals surface area (Å²) in [6.45, 7) is 1.62. The number of benzene rings is 1. The van der Waals surface area contributed by atoms with Crippen molar-refractivity contribution in [1.29, 1.82) is 0 Å². The lowest BCUT2D eigenvalue weighted by molar-refractivity contribution is -0.249. The van der Waals surface area contributed by atoms with Crippen molar-refractivity contribution < 1.29 is 13.5 Å². The van der Waals surface area contributed by atoms with E-state index in [1.165, 1.54) is 12.8 Å². The van der Waals surface area contributed by atoms with Gasteiger partial charge in [-0.1, -0.05) is 37.3 Å². The molecule has 1 saturated carbocycles. The van der Waals surface area contributed by atoms with Crippen LogP contribution in [-0.2, 0) is 11.3 Å². The molecule has 1 aromatic carbocycles. The minimum absolute atomic E-state index is 0.104. The Balaban J connectivity index is 1.77. The summed E-state index contributed by atoms with van der Waals surface area (Å²) in [4.78, 5) is 4.51. The van der Waals surface area contributed by atoms with Gasteiger partial charge in [0, 0.05) is 29.8 Å². The predicted octanol–water partition coefficient (Wildman–Crippen LogP) is 5.54. The molecule has 0 aliphatic heterocycles. The van der Waals surface area contributed by atoms with Gasteiger partial charge in [-0.05, 0) is 36.5 Å². The lowest BCUT2D eigenvalue weighted by Gasteiger charge is -2.17. The lowest BCUT2D eigenvalue weighted by atomic mass is 10.0. The highest BCUT2D eigenvalue weighted by atomic mass is 19.3. The summed E-state index contributed by atoms with van der Waals surface area (Å²) < 4.78 is 32.0. The molecule has 0 unspecified atom stereocenters. The third-order valence-corrected chi connectivity index (χ3v) is 4.09. The van der Waals surface area contributed by atoms with E-state index in [4.69, 9.17) is 4.74 Å². The molecule has 0 spiro atoms. The minimum Gasteiger partial charge on any atom is -0.316 e. The molecular formula is C19H21F2NO. The Morgan fingerprint density at radius 2 is 1.96 bits per heavy atom. The van der Waals surface area contributed by atoms with Gasteiger partial charge >= 0.3 is 6.11 Å². The first-order valence-corrected chi connectivity index (χ1v) is 8.15. The fourth-order valence-corrected chi connectivity index (χ4v) is 2.66. The van der Waals surface area contributed by atoms with Gasteiger partial charge in [-0.15, -0.1) is 0 Å². The summed E-state index contributed by atoms with van der Waals surface area (Å²) >= 11 is 0. The normalized spacial score (nSPS) is 14.9. The molecule has 1 heterocycles. The first-order chi connectivity index (χ1) is 11.1. The third-order valence-electron chi connectivity index (χ3n) is 4.09. The zero-order valence-electron chi connectivity index (χ0n) is 13.3. The first kappa shape index (κ1) is 16.1. The Morgan fingerprint density at radius 1 is 1.17 bits per heavy atom. The van der Waals surface area contributed by atoms with Gasteiger partial charge in [0.05, 0.1) is 6.61 Å². The number of halogens is 2. The number of ether oxygens (including phenoxy) is 1. The fraction of sp³-hybridized carbons (Fsp3) is 0.421. The minimum atomic E-state index is -3.07. The van der Waals surface area contributed by atoms with E-state index >= 15 is 0 Å². The largest absolute Gasteiger partial charge is 0.356 e. The number of alkyl halides is 2. The van der Waals surface area contributed by atoms with Crippen molar-refractivity contribution >= 4 is 0 Å². The van der Waals surface area contributed by atoms with Crippen molar-refractivity contribution in [2.75, 3.05) is 0 Å². The van der Waals surface area contributed by atoms with Crippen LogP contribution in [0.5, 0.6) is 0 Å². The van der Waals surface area contributed by atoms with Crippen LogP contribution in [0.1, 0.15) is 49.8 Å². The van der Waals surface area contributed by atoms with Gasteiger partial charge in [-0.2, -0.15) is 8.78 Å². The molecule has 2 aromatic rings. The lowest BCUT2D eigenvalue weighted by Crippen LogP contribution is -2.20. The molecule has 0 amide bonds. The van der Waals surface area contributed by atoms with Crippen molar-refractivity contribution in [3.8, 4) is 11.1 Å². The second-order valence-corrected chi connectivity index (χ2v) is 6.08. The molecule has 0 N–H and O–H groups in total. The molecule has 0 atom stereocenters. The van der Waals surface area contributed by atoms with Crippen LogP contribution in [-0.4, -0.2) is 11.1 Å². The van der Waals surface area contributed by atoms with E-state index in [9.17, 15) is 8.78 Å². The average molecular weight is 317 g/mol. The van der Waals surface area contributed by atoms with Crippen molar-refractivity contribution in [3.63, 3.8) is 0 Å². The molecule has 1 aromatic heterocycles. The maximum absolute atomic E-state index is 13.6. The van der Waals surface area contributed by atoms with E-state index in [1.54, 1.807) is 6.92 Å². The van der Waals surface area contributed by atoms with Gasteiger partial charge in [0.1, 0.15) is 0 Å². The molecule has 2 nitrogen and oxygen atoms in total. The zero-order chi connectivity index (χ0) is 16.3. The highest BCUT2D eigenvalue weighted by molar-refractivity contribution is 5.66. The Labute approximate surface area is 135 Å². The van der Waals surface area contributed by atoms with Crippen LogP contribution in [0.3, 0.4) is 0 Å². The molecule has 1 aliphatic rings. The number of nitrogens with zero attached hydrogens (tertiary/aromatic N) is 1. The maximum Gasteiger partial charge on any atom is 0.356 e. The molecule has 23 heavy (non-hydrogen) atoms. The second-order valence-electron chi connectivity index (χ2n) is 6.08. The van der Waals surface area contributed by atoms with E-state index in [0.717, 1.165) is 22.4 Å². The van der Waals surface area contributed by atoms with Crippen LogP contribution in [0.15, 0.2) is 42.6 Å². The van der Waals surface area contributed by atoms with Crippen molar-refractivity contribution in [3.05, 3.63) is 53.9 Å². The molecule has 0 saturated heterocycles. The van der Waals surface area contributed by atoms with Gasteiger partial charge in [0.15, 0.2) is 0 Å². The monoisotopic (exact) mass is 317 g/mol. The zero-order valence-corrected chi connectivity index (χ0v) is 13.3. The van der Waals surface area contributed by atoms with Crippen LogP contribution < -0.4 is 0 Å². The van der Waals surface area contributed by atoms with E-state index in [-0.39, 0.29) is 13.0 Å². The van der Waals surface area contributed by atoms with E-state index < -0.39 is 6.11 Å². The summed E-state index contributed by atoms with van der Waals surface area (Å²) in [5.74, 6) is 0.607. The number of rotatable bonds is 7. The smallest absolute Gasteiger partial charge is 0.316 e. The predicted molar refractivity (Wildman–Crippen MR) is 86.3 cm³/mol. The highest BCUT2D eigenvalue weighted by Crippen LogP contribution is 2.39. The summed E-state index contributed by atoms with van der Waals surface area (Å²) in [5.41, 5.74) is 3.71. The number of hydrogen-bond donors (Lipinski definition) is 0. The Morgan fingerprint density at radius 3 is 2.61 bits per heavy atom. The number of aromatic nitrogens is 1. The van der Waals surface area contributed by atoms with Gasteiger partial charge in [-0.25, -0.2) is 0 Å². The van der Waals surface area contributed by atoms with Crippen LogP contribution in [0, 0.1) is 0 Å². The summed E-state index contributed by atoms with van der Waals surface area (Å²) in [7, 11) is 0. The van der Waals surface area contributed by atoms with E-state index in [1.807, 2.05) is 42.6 Å². The summed E-state index contributed by atoms with van der Waals surface area (Å²) in [5, 5.41) is 0. The van der Waals surface area contributed by atoms with Gasteiger partial charge in [-0.3, -0.25) is 4.98 Å². The molecule has 4 heteroatoms. The SMILES string of the molecule is CCCC(F)(F)OCc1ccccc1-c1ccc(C2CC2)nc1. The molecule has 1 aliphatic carbocycles. The van der Waals surface area contributed by atoms with E-state index in [2.05, 4.69) is 4.98 Å². The molecule has 1 fully saturated rings. The van der Waals surface area contributed by atoms with Crippen LogP contribution >= 0.6 is 0 Å². The summed E-state index contributed by atoms with van der Waals surface area (Å²) in [6, 6.07) is 11.5. The van der Waals surface area contributed by atoms with Crippen molar-refractivity contribution in [2.45, 2.75) is 51.2 Å². The molecule has 0 radical (unpaired) electrons. The van der Waals surface area contributed by atoms with Crippen LogP contribution in [0.4, 0.5) is 8.78 Å². The van der Waals surface area contributed by atoms with Crippen molar-refractivity contribution in [1.82, 2.24) is 4.98 Å². The average Bonchev–Trinajstić information content (AvgIpc) is 3.38. The number of pyridine rings is 1. The highest BCUT2D eigenvalue weighted by Gasteiger charge is 2.29. The van der Waals surface area contributed by atoms with Gasteiger partial charge in [0.25, 0.3) is 0 Å². The number of hydrogen-bond acceptors (Lipinski definition) is 2. The Kier molecular flexibility index (Phi) is 4.71. The fourth-order valence-electron chi connectivity index (χ4n) is 2.66. The Bertz CT molecular complexity index is 651. The van der Waals surface area contributed by atoms with Crippen LogP contribution in [0.2, 0.25) is 0 Å². The molecular weight excluding hydrogens is 296 g/mol. The molecule has 122 valence electrons. The second kappa shape index (κ2) is 6.75.